The first-order valence-electron chi connectivity index (χ1n) is 3.26. The van der Waals surface area contributed by atoms with Crippen molar-refractivity contribution in [2.75, 3.05) is 33.5 Å². The van der Waals surface area contributed by atoms with E-state index < -0.39 is 0 Å². The Bertz CT molecular complexity index is 55.0. The molecule has 0 aromatic heterocycles. The Morgan fingerprint density at radius 2 is 2.22 bits per heavy atom. The maximum atomic E-state index is 5.39. The molecule has 2 N–H and O–H groups in total. The largest absolute Gasteiger partial charge is 0.383 e. The van der Waals surface area contributed by atoms with Crippen molar-refractivity contribution in [1.29, 1.82) is 0 Å². The molecule has 0 spiro atoms. The van der Waals surface area contributed by atoms with Crippen molar-refractivity contribution in [3.63, 3.8) is 0 Å². The molecule has 0 aromatic rings. The van der Waals surface area contributed by atoms with E-state index in [9.17, 15) is 0 Å². The Labute approximate surface area is 56.8 Å². The Morgan fingerprint density at radius 1 is 1.56 bits per heavy atom. The summed E-state index contributed by atoms with van der Waals surface area (Å²) < 4.78 is 4.88. The van der Waals surface area contributed by atoms with Gasteiger partial charge in [-0.05, 0) is 6.54 Å². The normalized spacial score (nSPS) is 10.7. The van der Waals surface area contributed by atoms with Gasteiger partial charge in [-0.1, -0.05) is 6.92 Å². The number of hydrogen-bond acceptors (Lipinski definition) is 3. The van der Waals surface area contributed by atoms with Gasteiger partial charge in [0.05, 0.1) is 6.61 Å². The van der Waals surface area contributed by atoms with Crippen LogP contribution in [0.2, 0.25) is 0 Å². The highest BCUT2D eigenvalue weighted by atomic mass is 16.5. The maximum Gasteiger partial charge on any atom is 0.0590 e. The monoisotopic (exact) mass is 132 g/mol. The molecule has 9 heavy (non-hydrogen) atoms. The van der Waals surface area contributed by atoms with Gasteiger partial charge in [0.2, 0.25) is 0 Å². The second-order valence-electron chi connectivity index (χ2n) is 1.89. The average molecular weight is 132 g/mol. The summed E-state index contributed by atoms with van der Waals surface area (Å²) in [4.78, 5) is 2.11. The first-order valence-corrected chi connectivity index (χ1v) is 3.26. The van der Waals surface area contributed by atoms with E-state index in [0.29, 0.717) is 6.67 Å². The molecule has 0 amide bonds. The topological polar surface area (TPSA) is 38.5 Å². The minimum absolute atomic E-state index is 0.625. The molecule has 0 radical (unpaired) electrons. The molecule has 0 aromatic carbocycles. The smallest absolute Gasteiger partial charge is 0.0590 e. The number of likely N-dealkylation sites (N-methyl/N-ethyl adjacent to an activating group) is 1. The first kappa shape index (κ1) is 8.88. The van der Waals surface area contributed by atoms with Crippen molar-refractivity contribution in [2.45, 2.75) is 6.92 Å². The minimum Gasteiger partial charge on any atom is -0.383 e. The van der Waals surface area contributed by atoms with Crippen LogP contribution in [0.3, 0.4) is 0 Å². The first-order chi connectivity index (χ1) is 4.35. The molecule has 0 aliphatic carbocycles. The number of rotatable bonds is 5. The van der Waals surface area contributed by atoms with Crippen molar-refractivity contribution >= 4 is 0 Å². The number of methoxy groups -OCH3 is 1. The Balaban J connectivity index is 3.09. The fraction of sp³-hybridized carbons (Fsp3) is 1.00. The van der Waals surface area contributed by atoms with Gasteiger partial charge >= 0.3 is 0 Å². The fourth-order valence-corrected chi connectivity index (χ4v) is 0.599. The number of ether oxygens (including phenoxy) is 1. The summed E-state index contributed by atoms with van der Waals surface area (Å²) >= 11 is 0. The molecule has 0 rings (SSSR count). The van der Waals surface area contributed by atoms with Crippen LogP contribution in [0.4, 0.5) is 0 Å². The molecule has 0 saturated heterocycles. The molecule has 0 fully saturated rings. The standard InChI is InChI=1S/C6H16N2O/c1-3-8(6-7)4-5-9-2/h3-7H2,1-2H3. The molecular formula is C6H16N2O. The summed E-state index contributed by atoms with van der Waals surface area (Å²) in [6.07, 6.45) is 0. The van der Waals surface area contributed by atoms with Gasteiger partial charge in [-0.15, -0.1) is 0 Å². The summed E-state index contributed by atoms with van der Waals surface area (Å²) in [5, 5.41) is 0. The van der Waals surface area contributed by atoms with Crippen LogP contribution in [0.5, 0.6) is 0 Å². The summed E-state index contributed by atoms with van der Waals surface area (Å²) in [6, 6.07) is 0. The lowest BCUT2D eigenvalue weighted by atomic mass is 10.5. The second-order valence-corrected chi connectivity index (χ2v) is 1.89. The Kier molecular flexibility index (Phi) is 5.93. The van der Waals surface area contributed by atoms with E-state index in [2.05, 4.69) is 11.8 Å². The van der Waals surface area contributed by atoms with Crippen molar-refractivity contribution in [3.8, 4) is 0 Å². The lowest BCUT2D eigenvalue weighted by molar-refractivity contribution is 0.152. The number of hydrogen-bond donors (Lipinski definition) is 1. The molecule has 0 unspecified atom stereocenters. The Hall–Kier alpha value is -0.120. The van der Waals surface area contributed by atoms with Crippen molar-refractivity contribution < 1.29 is 4.74 Å². The van der Waals surface area contributed by atoms with Crippen LogP contribution in [0, 0.1) is 0 Å². The molecule has 0 aliphatic heterocycles. The van der Waals surface area contributed by atoms with E-state index in [-0.39, 0.29) is 0 Å². The third-order valence-corrected chi connectivity index (χ3v) is 1.32. The SMILES string of the molecule is CCN(CN)CCOC. The third-order valence-electron chi connectivity index (χ3n) is 1.32. The van der Waals surface area contributed by atoms with Crippen LogP contribution in [-0.4, -0.2) is 38.4 Å². The zero-order valence-corrected chi connectivity index (χ0v) is 6.26. The van der Waals surface area contributed by atoms with Crippen LogP contribution < -0.4 is 5.73 Å². The minimum atomic E-state index is 0.625. The van der Waals surface area contributed by atoms with Crippen molar-refractivity contribution in [1.82, 2.24) is 4.90 Å². The molecular weight excluding hydrogens is 116 g/mol. The molecule has 0 bridgehead atoms. The zero-order valence-electron chi connectivity index (χ0n) is 6.26. The predicted octanol–water partition coefficient (Wildman–Crippen LogP) is -0.129. The highest BCUT2D eigenvalue weighted by Crippen LogP contribution is 1.81. The average Bonchev–Trinajstić information content (AvgIpc) is 1.91. The number of nitrogens with zero attached hydrogens (tertiary/aromatic N) is 1. The highest BCUT2D eigenvalue weighted by molar-refractivity contribution is 4.48. The molecule has 56 valence electrons. The van der Waals surface area contributed by atoms with Crippen LogP contribution in [0.1, 0.15) is 6.92 Å². The van der Waals surface area contributed by atoms with Crippen molar-refractivity contribution in [2.24, 2.45) is 5.73 Å². The lowest BCUT2D eigenvalue weighted by Gasteiger charge is -2.16. The Morgan fingerprint density at radius 3 is 2.56 bits per heavy atom. The lowest BCUT2D eigenvalue weighted by Crippen LogP contribution is -2.32. The van der Waals surface area contributed by atoms with Crippen molar-refractivity contribution in [3.05, 3.63) is 0 Å². The van der Waals surface area contributed by atoms with Gasteiger partial charge in [0.15, 0.2) is 0 Å². The molecule has 3 heteroatoms. The van der Waals surface area contributed by atoms with Gasteiger partial charge in [0.25, 0.3) is 0 Å². The van der Waals surface area contributed by atoms with E-state index in [0.717, 1.165) is 19.7 Å². The summed E-state index contributed by atoms with van der Waals surface area (Å²) in [5.41, 5.74) is 5.39. The van der Waals surface area contributed by atoms with Gasteiger partial charge in [-0.25, -0.2) is 0 Å². The van der Waals surface area contributed by atoms with Gasteiger partial charge in [0.1, 0.15) is 0 Å². The van der Waals surface area contributed by atoms with Crippen LogP contribution in [0.25, 0.3) is 0 Å². The fourth-order valence-electron chi connectivity index (χ4n) is 0.599. The second kappa shape index (κ2) is 6.01. The van der Waals surface area contributed by atoms with Crippen LogP contribution in [0.15, 0.2) is 0 Å². The summed E-state index contributed by atoms with van der Waals surface area (Å²) in [5.74, 6) is 0. The van der Waals surface area contributed by atoms with E-state index in [1.807, 2.05) is 0 Å². The zero-order chi connectivity index (χ0) is 7.11. The molecule has 0 aliphatic rings. The van der Waals surface area contributed by atoms with Gasteiger partial charge in [-0.3, -0.25) is 4.90 Å². The van der Waals surface area contributed by atoms with E-state index in [1.54, 1.807) is 7.11 Å². The highest BCUT2D eigenvalue weighted by Gasteiger charge is 1.95. The quantitative estimate of drug-likeness (QED) is 0.530. The van der Waals surface area contributed by atoms with Gasteiger partial charge in [-0.2, -0.15) is 0 Å². The molecule has 0 saturated carbocycles. The summed E-state index contributed by atoms with van der Waals surface area (Å²) in [6.45, 7) is 5.41. The van der Waals surface area contributed by atoms with E-state index in [1.165, 1.54) is 0 Å². The maximum absolute atomic E-state index is 5.39. The third kappa shape index (κ3) is 4.39. The van der Waals surface area contributed by atoms with Crippen LogP contribution >= 0.6 is 0 Å². The van der Waals surface area contributed by atoms with Gasteiger partial charge < -0.3 is 10.5 Å². The van der Waals surface area contributed by atoms with E-state index in [4.69, 9.17) is 10.5 Å². The molecule has 0 atom stereocenters. The van der Waals surface area contributed by atoms with E-state index >= 15 is 0 Å². The number of nitrogens with two attached hydrogens (primary N) is 1. The van der Waals surface area contributed by atoms with Crippen LogP contribution in [-0.2, 0) is 4.74 Å². The molecule has 0 heterocycles. The van der Waals surface area contributed by atoms with Gasteiger partial charge in [0, 0.05) is 20.3 Å². The summed E-state index contributed by atoms with van der Waals surface area (Å²) in [7, 11) is 1.70. The predicted molar refractivity (Wildman–Crippen MR) is 38.2 cm³/mol. The molecule has 3 nitrogen and oxygen atoms in total.